The Labute approximate surface area is 117 Å². The summed E-state index contributed by atoms with van der Waals surface area (Å²) in [6.07, 6.45) is 3.98. The molecule has 1 unspecified atom stereocenters. The van der Waals surface area contributed by atoms with Crippen LogP contribution in [0, 0.1) is 17.2 Å². The quantitative estimate of drug-likeness (QED) is 0.687. The molecule has 0 spiro atoms. The topological polar surface area (TPSA) is 54.3 Å². The van der Waals surface area contributed by atoms with E-state index in [4.69, 9.17) is 9.47 Å². The van der Waals surface area contributed by atoms with Gasteiger partial charge in [-0.15, -0.1) is 0 Å². The van der Waals surface area contributed by atoms with E-state index in [1.165, 1.54) is 0 Å². The highest BCUT2D eigenvalue weighted by molar-refractivity contribution is 5.04. The highest BCUT2D eigenvalue weighted by Crippen LogP contribution is 2.16. The smallest absolute Gasteiger partial charge is 0.104 e. The van der Waals surface area contributed by atoms with E-state index in [-0.39, 0.29) is 0 Å². The maximum absolute atomic E-state index is 9.23. The predicted molar refractivity (Wildman–Crippen MR) is 75.9 cm³/mol. The molecule has 1 saturated heterocycles. The molecule has 1 N–H and O–H groups in total. The second-order valence-corrected chi connectivity index (χ2v) is 5.98. The van der Waals surface area contributed by atoms with Crippen LogP contribution in [0.25, 0.3) is 0 Å². The van der Waals surface area contributed by atoms with Crippen molar-refractivity contribution >= 4 is 0 Å². The summed E-state index contributed by atoms with van der Waals surface area (Å²) in [5.41, 5.74) is -0.434. The van der Waals surface area contributed by atoms with Crippen LogP contribution >= 0.6 is 0 Å². The Hall–Kier alpha value is -0.630. The molecule has 19 heavy (non-hydrogen) atoms. The summed E-state index contributed by atoms with van der Waals surface area (Å²) in [7, 11) is 0. The lowest BCUT2D eigenvalue weighted by atomic mass is 9.97. The average molecular weight is 268 g/mol. The lowest BCUT2D eigenvalue weighted by Gasteiger charge is -2.26. The van der Waals surface area contributed by atoms with E-state index in [0.717, 1.165) is 52.1 Å². The molecule has 1 aliphatic rings. The number of hydrogen-bond donors (Lipinski definition) is 1. The highest BCUT2D eigenvalue weighted by Gasteiger charge is 2.23. The predicted octanol–water partition coefficient (Wildman–Crippen LogP) is 2.49. The third kappa shape index (κ3) is 6.91. The molecule has 1 heterocycles. The Morgan fingerprint density at radius 3 is 2.68 bits per heavy atom. The van der Waals surface area contributed by atoms with Crippen LogP contribution in [0.3, 0.4) is 0 Å². The molecule has 1 atom stereocenters. The van der Waals surface area contributed by atoms with E-state index < -0.39 is 5.54 Å². The van der Waals surface area contributed by atoms with Crippen LogP contribution in [0.2, 0.25) is 0 Å². The third-order valence-electron chi connectivity index (χ3n) is 3.51. The Morgan fingerprint density at radius 1 is 1.42 bits per heavy atom. The fraction of sp³-hybridized carbons (Fsp3) is 0.933. The summed E-state index contributed by atoms with van der Waals surface area (Å²) >= 11 is 0. The van der Waals surface area contributed by atoms with Crippen LogP contribution in [0.1, 0.15) is 46.5 Å². The summed E-state index contributed by atoms with van der Waals surface area (Å²) < 4.78 is 11.0. The first-order valence-corrected chi connectivity index (χ1v) is 7.40. The fourth-order valence-corrected chi connectivity index (χ4v) is 2.49. The summed E-state index contributed by atoms with van der Waals surface area (Å²) in [5, 5.41) is 12.5. The molecule has 0 aromatic carbocycles. The number of ether oxygens (including phenoxy) is 2. The molecule has 0 aromatic heterocycles. The number of nitrogens with one attached hydrogen (secondary N) is 1. The molecule has 0 saturated carbocycles. The third-order valence-corrected chi connectivity index (χ3v) is 3.51. The molecular formula is C15H28N2O2. The minimum Gasteiger partial charge on any atom is -0.381 e. The number of hydrogen-bond acceptors (Lipinski definition) is 4. The van der Waals surface area contributed by atoms with Crippen LogP contribution in [0.4, 0.5) is 0 Å². The molecule has 4 heteroatoms. The van der Waals surface area contributed by atoms with Crippen molar-refractivity contribution in [1.82, 2.24) is 5.32 Å². The van der Waals surface area contributed by atoms with Gasteiger partial charge in [0.25, 0.3) is 0 Å². The summed E-state index contributed by atoms with van der Waals surface area (Å²) in [5.74, 6) is 0.657. The Balaban J connectivity index is 2.10. The Morgan fingerprint density at radius 2 is 2.11 bits per heavy atom. The van der Waals surface area contributed by atoms with Crippen molar-refractivity contribution in [3.63, 3.8) is 0 Å². The summed E-state index contributed by atoms with van der Waals surface area (Å²) in [6, 6.07) is 2.69. The minimum absolute atomic E-state index is 0.327. The molecule has 0 aliphatic carbocycles. The standard InChI is InChI=1S/C15H28N2O2/c1-13(2)17-15(3,12-16)7-4-8-19-11-14-5-9-18-10-6-14/h13-14,17H,4-11H2,1-3H3. The van der Waals surface area contributed by atoms with E-state index in [1.807, 2.05) is 6.92 Å². The summed E-state index contributed by atoms with van der Waals surface area (Å²) in [4.78, 5) is 0. The fourth-order valence-electron chi connectivity index (χ4n) is 2.49. The van der Waals surface area contributed by atoms with E-state index in [0.29, 0.717) is 12.0 Å². The maximum Gasteiger partial charge on any atom is 0.104 e. The van der Waals surface area contributed by atoms with Crippen LogP contribution in [0.5, 0.6) is 0 Å². The van der Waals surface area contributed by atoms with Crippen molar-refractivity contribution in [2.45, 2.75) is 58.0 Å². The molecule has 0 radical (unpaired) electrons. The van der Waals surface area contributed by atoms with E-state index in [9.17, 15) is 5.26 Å². The Kier molecular flexibility index (Phi) is 7.37. The van der Waals surface area contributed by atoms with Gasteiger partial charge in [0.05, 0.1) is 6.07 Å². The van der Waals surface area contributed by atoms with Crippen LogP contribution < -0.4 is 5.32 Å². The minimum atomic E-state index is -0.434. The lowest BCUT2D eigenvalue weighted by Crippen LogP contribution is -2.45. The average Bonchev–Trinajstić information content (AvgIpc) is 2.39. The zero-order valence-corrected chi connectivity index (χ0v) is 12.6. The molecule has 4 nitrogen and oxygen atoms in total. The zero-order valence-electron chi connectivity index (χ0n) is 12.6. The first-order valence-electron chi connectivity index (χ1n) is 7.40. The van der Waals surface area contributed by atoms with Crippen LogP contribution in [0.15, 0.2) is 0 Å². The molecule has 1 aliphatic heterocycles. The second-order valence-electron chi connectivity index (χ2n) is 5.98. The molecule has 0 bridgehead atoms. The van der Waals surface area contributed by atoms with Gasteiger partial charge < -0.3 is 9.47 Å². The monoisotopic (exact) mass is 268 g/mol. The number of nitriles is 1. The van der Waals surface area contributed by atoms with Gasteiger partial charge in [0, 0.05) is 32.5 Å². The van der Waals surface area contributed by atoms with Crippen molar-refractivity contribution < 1.29 is 9.47 Å². The normalized spacial score (nSPS) is 20.2. The van der Waals surface area contributed by atoms with Gasteiger partial charge in [-0.25, -0.2) is 0 Å². The number of rotatable bonds is 8. The van der Waals surface area contributed by atoms with Gasteiger partial charge in [0.15, 0.2) is 0 Å². The highest BCUT2D eigenvalue weighted by atomic mass is 16.5. The van der Waals surface area contributed by atoms with Gasteiger partial charge >= 0.3 is 0 Å². The first kappa shape index (κ1) is 16.4. The van der Waals surface area contributed by atoms with E-state index >= 15 is 0 Å². The Bertz CT molecular complexity index is 282. The lowest BCUT2D eigenvalue weighted by molar-refractivity contribution is 0.0192. The van der Waals surface area contributed by atoms with Gasteiger partial charge in [-0.3, -0.25) is 5.32 Å². The van der Waals surface area contributed by atoms with Crippen molar-refractivity contribution in [2.24, 2.45) is 5.92 Å². The van der Waals surface area contributed by atoms with Crippen molar-refractivity contribution in [1.29, 1.82) is 5.26 Å². The van der Waals surface area contributed by atoms with Gasteiger partial charge in [0.2, 0.25) is 0 Å². The second kappa shape index (κ2) is 8.52. The zero-order chi connectivity index (χ0) is 14.1. The molecule has 0 amide bonds. The SMILES string of the molecule is CC(C)NC(C)(C#N)CCCOCC1CCOCC1. The molecule has 110 valence electrons. The largest absolute Gasteiger partial charge is 0.381 e. The van der Waals surface area contributed by atoms with E-state index in [1.54, 1.807) is 0 Å². The van der Waals surface area contributed by atoms with Gasteiger partial charge in [-0.05, 0) is 52.4 Å². The van der Waals surface area contributed by atoms with Gasteiger partial charge in [-0.2, -0.15) is 5.26 Å². The van der Waals surface area contributed by atoms with Crippen molar-refractivity contribution in [3.05, 3.63) is 0 Å². The number of nitrogens with zero attached hydrogens (tertiary/aromatic N) is 1. The van der Waals surface area contributed by atoms with Crippen LogP contribution in [-0.2, 0) is 9.47 Å². The van der Waals surface area contributed by atoms with E-state index in [2.05, 4.69) is 25.2 Å². The molecule has 0 aromatic rings. The molecular weight excluding hydrogens is 240 g/mol. The molecule has 1 fully saturated rings. The maximum atomic E-state index is 9.23. The molecule has 1 rings (SSSR count). The van der Waals surface area contributed by atoms with Gasteiger partial charge in [0.1, 0.15) is 5.54 Å². The first-order chi connectivity index (χ1) is 9.06. The summed E-state index contributed by atoms with van der Waals surface area (Å²) in [6.45, 7) is 9.43. The van der Waals surface area contributed by atoms with Crippen LogP contribution in [-0.4, -0.2) is 38.0 Å². The van der Waals surface area contributed by atoms with Gasteiger partial charge in [-0.1, -0.05) is 0 Å². The van der Waals surface area contributed by atoms with Crippen molar-refractivity contribution in [3.8, 4) is 6.07 Å². The van der Waals surface area contributed by atoms with Crippen molar-refractivity contribution in [2.75, 3.05) is 26.4 Å².